The zero-order chi connectivity index (χ0) is 11.6. The Morgan fingerprint density at radius 3 is 2.62 bits per heavy atom. The third-order valence-electron chi connectivity index (χ3n) is 3.53. The zero-order valence-electron chi connectivity index (χ0n) is 9.62. The Bertz CT molecular complexity index is 351. The molecule has 0 spiro atoms. The lowest BCUT2D eigenvalue weighted by Gasteiger charge is -2.40. The molecular formula is C13H18FNO. The minimum absolute atomic E-state index is 0.128. The van der Waals surface area contributed by atoms with Crippen molar-refractivity contribution in [2.24, 2.45) is 0 Å². The Morgan fingerprint density at radius 1 is 1.38 bits per heavy atom. The van der Waals surface area contributed by atoms with E-state index in [-0.39, 0.29) is 17.8 Å². The van der Waals surface area contributed by atoms with Crippen LogP contribution >= 0.6 is 0 Å². The molecule has 0 bridgehead atoms. The van der Waals surface area contributed by atoms with Crippen molar-refractivity contribution in [2.45, 2.75) is 18.3 Å². The monoisotopic (exact) mass is 223 g/mol. The minimum Gasteiger partial charge on any atom is -0.395 e. The molecule has 2 rings (SSSR count). The number of likely N-dealkylation sites (tertiary alicyclic amines) is 1. The molecule has 1 fully saturated rings. The van der Waals surface area contributed by atoms with Crippen LogP contribution in [0.3, 0.4) is 0 Å². The van der Waals surface area contributed by atoms with Crippen LogP contribution in [0.2, 0.25) is 0 Å². The molecule has 1 heterocycles. The van der Waals surface area contributed by atoms with Gasteiger partial charge in [0, 0.05) is 12.0 Å². The molecule has 1 N–H and O–H groups in total. The van der Waals surface area contributed by atoms with Gasteiger partial charge in [0.1, 0.15) is 5.82 Å². The average Bonchev–Trinajstić information content (AvgIpc) is 2.29. The van der Waals surface area contributed by atoms with Crippen LogP contribution in [0.1, 0.15) is 18.4 Å². The van der Waals surface area contributed by atoms with Gasteiger partial charge in [0.2, 0.25) is 0 Å². The van der Waals surface area contributed by atoms with Crippen LogP contribution in [0.4, 0.5) is 4.39 Å². The lowest BCUT2D eigenvalue weighted by Crippen LogP contribution is -2.46. The Morgan fingerprint density at radius 2 is 2.06 bits per heavy atom. The van der Waals surface area contributed by atoms with Gasteiger partial charge in [-0.1, -0.05) is 12.1 Å². The highest BCUT2D eigenvalue weighted by molar-refractivity contribution is 5.27. The van der Waals surface area contributed by atoms with Crippen molar-refractivity contribution in [3.8, 4) is 0 Å². The molecule has 0 aromatic heterocycles. The van der Waals surface area contributed by atoms with E-state index < -0.39 is 0 Å². The first-order chi connectivity index (χ1) is 7.66. The number of rotatable bonds is 2. The fourth-order valence-corrected chi connectivity index (χ4v) is 2.62. The van der Waals surface area contributed by atoms with E-state index in [2.05, 4.69) is 11.9 Å². The van der Waals surface area contributed by atoms with Gasteiger partial charge in [-0.05, 0) is 44.1 Å². The van der Waals surface area contributed by atoms with Crippen molar-refractivity contribution in [2.75, 3.05) is 26.7 Å². The number of piperidine rings is 1. The van der Waals surface area contributed by atoms with E-state index in [1.807, 2.05) is 0 Å². The number of hydrogen-bond donors (Lipinski definition) is 1. The molecule has 1 aromatic rings. The summed E-state index contributed by atoms with van der Waals surface area (Å²) in [7, 11) is 2.06. The lowest BCUT2D eigenvalue weighted by molar-refractivity contribution is 0.105. The second-order valence-electron chi connectivity index (χ2n) is 4.79. The summed E-state index contributed by atoms with van der Waals surface area (Å²) >= 11 is 0. The van der Waals surface area contributed by atoms with Crippen molar-refractivity contribution >= 4 is 0 Å². The van der Waals surface area contributed by atoms with Crippen LogP contribution < -0.4 is 0 Å². The zero-order valence-corrected chi connectivity index (χ0v) is 9.62. The number of aliphatic hydroxyl groups is 1. The van der Waals surface area contributed by atoms with Gasteiger partial charge in [0.15, 0.2) is 0 Å². The fourth-order valence-electron chi connectivity index (χ4n) is 2.62. The highest BCUT2D eigenvalue weighted by Crippen LogP contribution is 2.33. The van der Waals surface area contributed by atoms with Gasteiger partial charge in [0.25, 0.3) is 0 Å². The molecule has 2 nitrogen and oxygen atoms in total. The highest BCUT2D eigenvalue weighted by atomic mass is 19.1. The van der Waals surface area contributed by atoms with Crippen LogP contribution in [-0.2, 0) is 5.41 Å². The molecule has 0 saturated carbocycles. The average molecular weight is 223 g/mol. The van der Waals surface area contributed by atoms with Gasteiger partial charge in [0.05, 0.1) is 6.61 Å². The minimum atomic E-state index is -0.221. The molecule has 1 saturated heterocycles. The molecule has 1 aliphatic heterocycles. The van der Waals surface area contributed by atoms with E-state index in [0.29, 0.717) is 0 Å². The summed E-state index contributed by atoms with van der Waals surface area (Å²) in [5.41, 5.74) is 0.837. The Labute approximate surface area is 95.7 Å². The van der Waals surface area contributed by atoms with Gasteiger partial charge < -0.3 is 10.0 Å². The number of aliphatic hydroxyl groups excluding tert-OH is 1. The molecule has 88 valence electrons. The van der Waals surface area contributed by atoms with Crippen LogP contribution in [-0.4, -0.2) is 36.8 Å². The largest absolute Gasteiger partial charge is 0.395 e. The SMILES string of the molecule is CN1CCCC(CO)(c2ccc(F)cc2)C1. The number of benzene rings is 1. The first-order valence-corrected chi connectivity index (χ1v) is 5.72. The van der Waals surface area contributed by atoms with E-state index in [1.165, 1.54) is 12.1 Å². The number of nitrogens with zero attached hydrogens (tertiary/aromatic N) is 1. The topological polar surface area (TPSA) is 23.5 Å². The predicted molar refractivity (Wildman–Crippen MR) is 61.9 cm³/mol. The Hall–Kier alpha value is -0.930. The van der Waals surface area contributed by atoms with Crippen molar-refractivity contribution in [1.82, 2.24) is 4.90 Å². The lowest BCUT2D eigenvalue weighted by atomic mass is 9.75. The molecule has 1 aromatic carbocycles. The first kappa shape index (κ1) is 11.6. The molecule has 0 amide bonds. The molecular weight excluding hydrogens is 205 g/mol. The molecule has 1 atom stereocenters. The van der Waals surface area contributed by atoms with Crippen molar-refractivity contribution < 1.29 is 9.50 Å². The highest BCUT2D eigenvalue weighted by Gasteiger charge is 2.35. The van der Waals surface area contributed by atoms with Gasteiger partial charge in [-0.25, -0.2) is 4.39 Å². The van der Waals surface area contributed by atoms with Crippen LogP contribution in [0.25, 0.3) is 0 Å². The second-order valence-corrected chi connectivity index (χ2v) is 4.79. The van der Waals surface area contributed by atoms with Crippen molar-refractivity contribution in [3.05, 3.63) is 35.6 Å². The maximum absolute atomic E-state index is 12.9. The summed E-state index contributed by atoms with van der Waals surface area (Å²) < 4.78 is 12.9. The van der Waals surface area contributed by atoms with Gasteiger partial charge in [-0.15, -0.1) is 0 Å². The van der Waals surface area contributed by atoms with Crippen molar-refractivity contribution in [1.29, 1.82) is 0 Å². The normalized spacial score (nSPS) is 26.9. The van der Waals surface area contributed by atoms with Gasteiger partial charge >= 0.3 is 0 Å². The Kier molecular flexibility index (Phi) is 3.26. The maximum Gasteiger partial charge on any atom is 0.123 e. The van der Waals surface area contributed by atoms with Gasteiger partial charge in [-0.3, -0.25) is 0 Å². The molecule has 3 heteroatoms. The number of likely N-dealkylation sites (N-methyl/N-ethyl adjacent to an activating group) is 1. The molecule has 1 aliphatic rings. The third kappa shape index (κ3) is 2.11. The third-order valence-corrected chi connectivity index (χ3v) is 3.53. The molecule has 0 radical (unpaired) electrons. The Balaban J connectivity index is 2.29. The smallest absolute Gasteiger partial charge is 0.123 e. The number of halogens is 1. The standard InChI is InChI=1S/C13H18FNO/c1-15-8-2-7-13(9-15,10-16)11-3-5-12(14)6-4-11/h3-6,16H,2,7-10H2,1H3. The molecule has 1 unspecified atom stereocenters. The van der Waals surface area contributed by atoms with E-state index in [1.54, 1.807) is 12.1 Å². The molecule has 16 heavy (non-hydrogen) atoms. The summed E-state index contributed by atoms with van der Waals surface area (Å²) in [5.74, 6) is -0.221. The summed E-state index contributed by atoms with van der Waals surface area (Å²) in [4.78, 5) is 2.23. The van der Waals surface area contributed by atoms with Gasteiger partial charge in [-0.2, -0.15) is 0 Å². The molecule has 0 aliphatic carbocycles. The maximum atomic E-state index is 12.9. The predicted octanol–water partition coefficient (Wildman–Crippen LogP) is 1.78. The summed E-state index contributed by atoms with van der Waals surface area (Å²) in [5, 5.41) is 9.66. The van der Waals surface area contributed by atoms with Crippen LogP contribution in [0.5, 0.6) is 0 Å². The first-order valence-electron chi connectivity index (χ1n) is 5.72. The van der Waals surface area contributed by atoms with E-state index in [4.69, 9.17) is 0 Å². The van der Waals surface area contributed by atoms with E-state index >= 15 is 0 Å². The van der Waals surface area contributed by atoms with Crippen LogP contribution in [0.15, 0.2) is 24.3 Å². The quantitative estimate of drug-likeness (QED) is 0.826. The van der Waals surface area contributed by atoms with Crippen molar-refractivity contribution in [3.63, 3.8) is 0 Å². The van der Waals surface area contributed by atoms with Crippen LogP contribution in [0, 0.1) is 5.82 Å². The van der Waals surface area contributed by atoms with E-state index in [0.717, 1.165) is 31.5 Å². The number of hydrogen-bond acceptors (Lipinski definition) is 2. The fraction of sp³-hybridized carbons (Fsp3) is 0.538. The summed E-state index contributed by atoms with van der Waals surface area (Å²) in [6.07, 6.45) is 2.05. The summed E-state index contributed by atoms with van der Waals surface area (Å²) in [6.45, 7) is 2.04. The summed E-state index contributed by atoms with van der Waals surface area (Å²) in [6, 6.07) is 6.54. The second kappa shape index (κ2) is 4.52. The van der Waals surface area contributed by atoms with E-state index in [9.17, 15) is 9.50 Å².